The topological polar surface area (TPSA) is 41.1 Å². The van der Waals surface area contributed by atoms with Crippen LogP contribution >= 0.6 is 15.9 Å². The van der Waals surface area contributed by atoms with E-state index in [1.807, 2.05) is 18.3 Å². The predicted octanol–water partition coefficient (Wildman–Crippen LogP) is 3.01. The van der Waals surface area contributed by atoms with Crippen LogP contribution in [0.1, 0.15) is 12.0 Å². The van der Waals surface area contributed by atoms with Gasteiger partial charge in [-0.15, -0.1) is 0 Å². The Morgan fingerprint density at radius 1 is 1.24 bits per heavy atom. The monoisotopic (exact) mass is 346 g/mol. The van der Waals surface area contributed by atoms with Gasteiger partial charge in [-0.25, -0.2) is 9.97 Å². The number of aryl methyl sites for hydroxylation is 1. The van der Waals surface area contributed by atoms with Gasteiger partial charge in [0.05, 0.1) is 5.69 Å². The highest BCUT2D eigenvalue weighted by molar-refractivity contribution is 9.10. The fourth-order valence-corrected chi connectivity index (χ4v) is 2.96. The summed E-state index contributed by atoms with van der Waals surface area (Å²) in [5.74, 6) is 0.833. The summed E-state index contributed by atoms with van der Waals surface area (Å²) in [5, 5.41) is 3.41. The Labute approximate surface area is 133 Å². The van der Waals surface area contributed by atoms with Crippen molar-refractivity contribution in [1.82, 2.24) is 15.3 Å². The van der Waals surface area contributed by atoms with E-state index in [0.717, 1.165) is 59.8 Å². The molecule has 0 bridgehead atoms. The number of aromatic nitrogens is 2. The number of benzene rings is 1. The molecule has 0 atom stereocenters. The Morgan fingerprint density at radius 2 is 2.14 bits per heavy atom. The molecular formula is C16H19BrN4. The van der Waals surface area contributed by atoms with Crippen LogP contribution in [-0.2, 0) is 0 Å². The van der Waals surface area contributed by atoms with Crippen LogP contribution in [0.25, 0.3) is 11.3 Å². The molecule has 4 nitrogen and oxygen atoms in total. The lowest BCUT2D eigenvalue weighted by Crippen LogP contribution is -2.29. The maximum Gasteiger partial charge on any atom is 0.225 e. The molecule has 0 radical (unpaired) electrons. The average Bonchev–Trinajstić information content (AvgIpc) is 2.77. The minimum Gasteiger partial charge on any atom is -0.339 e. The Bertz CT molecular complexity index is 621. The SMILES string of the molecule is Cc1cnc(N2CCCNCC2)nc1-c1cccc(Br)c1. The van der Waals surface area contributed by atoms with Gasteiger partial charge in [-0.2, -0.15) is 0 Å². The lowest BCUT2D eigenvalue weighted by molar-refractivity contribution is 0.724. The van der Waals surface area contributed by atoms with Gasteiger partial charge in [0.25, 0.3) is 0 Å². The van der Waals surface area contributed by atoms with Gasteiger partial charge in [0.2, 0.25) is 5.95 Å². The van der Waals surface area contributed by atoms with Gasteiger partial charge in [-0.3, -0.25) is 0 Å². The van der Waals surface area contributed by atoms with Gasteiger partial charge in [0, 0.05) is 35.9 Å². The summed E-state index contributed by atoms with van der Waals surface area (Å²) in [7, 11) is 0. The quantitative estimate of drug-likeness (QED) is 0.907. The van der Waals surface area contributed by atoms with Crippen LogP contribution in [-0.4, -0.2) is 36.1 Å². The summed E-state index contributed by atoms with van der Waals surface area (Å²) in [6.07, 6.45) is 3.06. The maximum atomic E-state index is 4.82. The van der Waals surface area contributed by atoms with Crippen molar-refractivity contribution in [3.63, 3.8) is 0 Å². The maximum absolute atomic E-state index is 4.82. The zero-order valence-corrected chi connectivity index (χ0v) is 13.7. The molecule has 1 N–H and O–H groups in total. The normalized spacial score (nSPS) is 15.8. The summed E-state index contributed by atoms with van der Waals surface area (Å²) >= 11 is 3.53. The molecule has 1 aromatic heterocycles. The summed E-state index contributed by atoms with van der Waals surface area (Å²) in [5.41, 5.74) is 3.24. The highest BCUT2D eigenvalue weighted by Gasteiger charge is 2.14. The molecule has 0 spiro atoms. The third-order valence-electron chi connectivity index (χ3n) is 3.68. The Kier molecular flexibility index (Phi) is 4.51. The van der Waals surface area contributed by atoms with Gasteiger partial charge in [0.15, 0.2) is 0 Å². The number of nitrogens with one attached hydrogen (secondary N) is 1. The number of hydrogen-bond acceptors (Lipinski definition) is 4. The van der Waals surface area contributed by atoms with E-state index in [9.17, 15) is 0 Å². The van der Waals surface area contributed by atoms with Gasteiger partial charge >= 0.3 is 0 Å². The molecule has 1 aliphatic rings. The third-order valence-corrected chi connectivity index (χ3v) is 4.17. The molecule has 1 aromatic carbocycles. The van der Waals surface area contributed by atoms with Gasteiger partial charge in [0.1, 0.15) is 0 Å². The second-order valence-corrected chi connectivity index (χ2v) is 6.22. The van der Waals surface area contributed by atoms with Crippen molar-refractivity contribution in [3.05, 3.63) is 40.5 Å². The van der Waals surface area contributed by atoms with Crippen LogP contribution in [0.2, 0.25) is 0 Å². The first-order valence-electron chi connectivity index (χ1n) is 7.29. The molecule has 0 aliphatic carbocycles. The van der Waals surface area contributed by atoms with Crippen LogP contribution < -0.4 is 10.2 Å². The van der Waals surface area contributed by atoms with E-state index in [1.165, 1.54) is 0 Å². The van der Waals surface area contributed by atoms with Gasteiger partial charge < -0.3 is 10.2 Å². The van der Waals surface area contributed by atoms with Crippen molar-refractivity contribution in [3.8, 4) is 11.3 Å². The van der Waals surface area contributed by atoms with Gasteiger partial charge in [-0.1, -0.05) is 28.1 Å². The van der Waals surface area contributed by atoms with E-state index in [4.69, 9.17) is 4.98 Å². The molecule has 1 fully saturated rings. The Hall–Kier alpha value is -1.46. The molecule has 0 amide bonds. The molecule has 21 heavy (non-hydrogen) atoms. The minimum absolute atomic E-state index is 0.833. The molecule has 0 unspecified atom stereocenters. The highest BCUT2D eigenvalue weighted by Crippen LogP contribution is 2.25. The van der Waals surface area contributed by atoms with E-state index < -0.39 is 0 Å². The molecule has 2 aromatic rings. The van der Waals surface area contributed by atoms with E-state index in [-0.39, 0.29) is 0 Å². The zero-order chi connectivity index (χ0) is 14.7. The zero-order valence-electron chi connectivity index (χ0n) is 12.1. The van der Waals surface area contributed by atoms with Crippen molar-refractivity contribution >= 4 is 21.9 Å². The van der Waals surface area contributed by atoms with Crippen molar-refractivity contribution in [2.75, 3.05) is 31.1 Å². The predicted molar refractivity (Wildman–Crippen MR) is 89.6 cm³/mol. The lowest BCUT2D eigenvalue weighted by Gasteiger charge is -2.20. The molecule has 110 valence electrons. The number of anilines is 1. The second kappa shape index (κ2) is 6.54. The van der Waals surface area contributed by atoms with E-state index in [2.05, 4.69) is 50.2 Å². The van der Waals surface area contributed by atoms with E-state index in [0.29, 0.717) is 0 Å². The average molecular weight is 347 g/mol. The first kappa shape index (κ1) is 14.5. The van der Waals surface area contributed by atoms with Crippen LogP contribution in [0, 0.1) is 6.92 Å². The minimum atomic E-state index is 0.833. The summed E-state index contributed by atoms with van der Waals surface area (Å²) in [6.45, 7) is 6.09. The van der Waals surface area contributed by atoms with E-state index >= 15 is 0 Å². The van der Waals surface area contributed by atoms with Crippen LogP contribution in [0.15, 0.2) is 34.9 Å². The summed E-state index contributed by atoms with van der Waals surface area (Å²) < 4.78 is 1.07. The van der Waals surface area contributed by atoms with Crippen LogP contribution in [0.3, 0.4) is 0 Å². The second-order valence-electron chi connectivity index (χ2n) is 5.30. The molecule has 0 saturated carbocycles. The Morgan fingerprint density at radius 3 is 3.00 bits per heavy atom. The molecule has 1 aliphatic heterocycles. The van der Waals surface area contributed by atoms with Crippen molar-refractivity contribution in [2.24, 2.45) is 0 Å². The highest BCUT2D eigenvalue weighted by atomic mass is 79.9. The first-order valence-corrected chi connectivity index (χ1v) is 8.08. The van der Waals surface area contributed by atoms with Crippen molar-refractivity contribution in [2.45, 2.75) is 13.3 Å². The van der Waals surface area contributed by atoms with Crippen molar-refractivity contribution in [1.29, 1.82) is 0 Å². The number of halogens is 1. The molecule has 1 saturated heterocycles. The van der Waals surface area contributed by atoms with Crippen LogP contribution in [0.4, 0.5) is 5.95 Å². The molecule has 5 heteroatoms. The first-order chi connectivity index (χ1) is 10.2. The number of rotatable bonds is 2. The number of hydrogen-bond donors (Lipinski definition) is 1. The van der Waals surface area contributed by atoms with Gasteiger partial charge in [-0.05, 0) is 37.6 Å². The van der Waals surface area contributed by atoms with Crippen LogP contribution in [0.5, 0.6) is 0 Å². The fraction of sp³-hybridized carbons (Fsp3) is 0.375. The fourth-order valence-electron chi connectivity index (χ4n) is 2.56. The summed E-state index contributed by atoms with van der Waals surface area (Å²) in [6, 6.07) is 8.26. The smallest absolute Gasteiger partial charge is 0.225 e. The van der Waals surface area contributed by atoms with E-state index in [1.54, 1.807) is 0 Å². The number of nitrogens with zero attached hydrogens (tertiary/aromatic N) is 3. The third kappa shape index (κ3) is 3.41. The molecule has 3 rings (SSSR count). The van der Waals surface area contributed by atoms with Crippen molar-refractivity contribution < 1.29 is 0 Å². The Balaban J connectivity index is 1.95. The lowest BCUT2D eigenvalue weighted by atomic mass is 10.1. The molecule has 2 heterocycles. The largest absolute Gasteiger partial charge is 0.339 e. The molecular weight excluding hydrogens is 328 g/mol. The summed E-state index contributed by atoms with van der Waals surface area (Å²) in [4.78, 5) is 11.6. The standard InChI is InChI=1S/C16H19BrN4/c1-12-11-19-16(21-8-3-6-18-7-9-21)20-15(12)13-4-2-5-14(17)10-13/h2,4-5,10-11,18H,3,6-9H2,1H3.